The van der Waals surface area contributed by atoms with Crippen LogP contribution in [0.25, 0.3) is 0 Å². The Bertz CT molecular complexity index is 458. The molecular formula is C14H18N2OS. The van der Waals surface area contributed by atoms with Crippen molar-refractivity contribution in [2.45, 2.75) is 26.8 Å². The van der Waals surface area contributed by atoms with Crippen LogP contribution in [0.4, 0.5) is 5.69 Å². The summed E-state index contributed by atoms with van der Waals surface area (Å²) in [5.41, 5.74) is 1.05. The lowest BCUT2D eigenvalue weighted by molar-refractivity contribution is -0.126. The number of carbonyl (C=O) groups excluding carboxylic acids is 1. The van der Waals surface area contributed by atoms with E-state index in [0.717, 1.165) is 12.2 Å². The second kappa shape index (κ2) is 5.06. The molecule has 0 aliphatic carbocycles. The van der Waals surface area contributed by atoms with E-state index in [1.165, 1.54) is 0 Å². The maximum absolute atomic E-state index is 11.8. The Morgan fingerprint density at radius 1 is 1.33 bits per heavy atom. The molecule has 0 unspecified atom stereocenters. The van der Waals surface area contributed by atoms with E-state index in [0.29, 0.717) is 11.0 Å². The number of hydrogen-bond acceptors (Lipinski definition) is 2. The highest BCUT2D eigenvalue weighted by atomic mass is 32.1. The van der Waals surface area contributed by atoms with Crippen LogP contribution in [0.3, 0.4) is 0 Å². The van der Waals surface area contributed by atoms with Crippen molar-refractivity contribution in [3.8, 4) is 0 Å². The summed E-state index contributed by atoms with van der Waals surface area (Å²) in [6.07, 6.45) is 0. The van der Waals surface area contributed by atoms with Gasteiger partial charge in [-0.25, -0.2) is 0 Å². The Morgan fingerprint density at radius 2 is 1.94 bits per heavy atom. The van der Waals surface area contributed by atoms with Gasteiger partial charge in [-0.05, 0) is 30.3 Å². The van der Waals surface area contributed by atoms with Crippen molar-refractivity contribution in [2.24, 2.45) is 5.92 Å². The summed E-state index contributed by atoms with van der Waals surface area (Å²) >= 11 is 5.45. The molecule has 0 radical (unpaired) electrons. The lowest BCUT2D eigenvalue weighted by Crippen LogP contribution is -2.40. The molecule has 1 aromatic carbocycles. The van der Waals surface area contributed by atoms with Crippen LogP contribution >= 0.6 is 12.2 Å². The van der Waals surface area contributed by atoms with Crippen molar-refractivity contribution in [2.75, 3.05) is 11.4 Å². The minimum atomic E-state index is 0.0251. The highest BCUT2D eigenvalue weighted by Gasteiger charge is 2.38. The lowest BCUT2D eigenvalue weighted by Gasteiger charge is -2.24. The number of hydrogen-bond donors (Lipinski definition) is 0. The predicted molar refractivity (Wildman–Crippen MR) is 77.5 cm³/mol. The Morgan fingerprint density at radius 3 is 2.39 bits per heavy atom. The van der Waals surface area contributed by atoms with E-state index in [4.69, 9.17) is 12.2 Å². The molecule has 0 spiro atoms. The van der Waals surface area contributed by atoms with Crippen LogP contribution in [-0.4, -0.2) is 28.5 Å². The number of nitrogens with zero attached hydrogens (tertiary/aromatic N) is 2. The van der Waals surface area contributed by atoms with Gasteiger partial charge in [0.2, 0.25) is 5.91 Å². The second-order valence-electron chi connectivity index (χ2n) is 4.93. The fraction of sp³-hybridized carbons (Fsp3) is 0.429. The zero-order chi connectivity index (χ0) is 13.3. The molecule has 0 bridgehead atoms. The number of benzene rings is 1. The third-order valence-corrected chi connectivity index (χ3v) is 3.73. The van der Waals surface area contributed by atoms with Gasteiger partial charge in [-0.3, -0.25) is 9.69 Å². The Labute approximate surface area is 113 Å². The minimum Gasteiger partial charge on any atom is -0.316 e. The van der Waals surface area contributed by atoms with Crippen LogP contribution in [0, 0.1) is 5.92 Å². The summed E-state index contributed by atoms with van der Waals surface area (Å²) in [6.45, 7) is 6.60. The fourth-order valence-corrected chi connectivity index (χ4v) is 2.76. The van der Waals surface area contributed by atoms with Gasteiger partial charge in [0.15, 0.2) is 5.11 Å². The van der Waals surface area contributed by atoms with Crippen molar-refractivity contribution in [1.29, 1.82) is 0 Å². The number of thiocarbonyl (C=S) groups is 1. The molecule has 96 valence electrons. The van der Waals surface area contributed by atoms with E-state index in [9.17, 15) is 4.79 Å². The van der Waals surface area contributed by atoms with E-state index in [1.807, 2.05) is 35.2 Å². The van der Waals surface area contributed by atoms with Gasteiger partial charge in [-0.15, -0.1) is 0 Å². The molecule has 1 aromatic rings. The van der Waals surface area contributed by atoms with E-state index >= 15 is 0 Å². The number of anilines is 1. The fourth-order valence-electron chi connectivity index (χ4n) is 2.32. The van der Waals surface area contributed by atoms with Crippen molar-refractivity contribution in [3.63, 3.8) is 0 Å². The first-order valence-electron chi connectivity index (χ1n) is 6.18. The first-order valence-corrected chi connectivity index (χ1v) is 6.59. The molecule has 3 nitrogen and oxygen atoms in total. The highest BCUT2D eigenvalue weighted by molar-refractivity contribution is 7.80. The molecule has 0 saturated carbocycles. The van der Waals surface area contributed by atoms with Gasteiger partial charge in [-0.2, -0.15) is 0 Å². The molecule has 18 heavy (non-hydrogen) atoms. The van der Waals surface area contributed by atoms with Crippen LogP contribution in [0.2, 0.25) is 0 Å². The van der Waals surface area contributed by atoms with Crippen LogP contribution < -0.4 is 4.90 Å². The van der Waals surface area contributed by atoms with Gasteiger partial charge in [0.1, 0.15) is 0 Å². The summed E-state index contributed by atoms with van der Waals surface area (Å²) in [5, 5.41) is 0.618. The van der Waals surface area contributed by atoms with Gasteiger partial charge in [0, 0.05) is 19.2 Å². The largest absolute Gasteiger partial charge is 0.316 e. The Balaban J connectivity index is 2.31. The monoisotopic (exact) mass is 262 g/mol. The van der Waals surface area contributed by atoms with E-state index in [2.05, 4.69) is 13.8 Å². The maximum atomic E-state index is 11.8. The number of para-hydroxylation sites is 1. The molecule has 0 aromatic heterocycles. The van der Waals surface area contributed by atoms with Crippen molar-refractivity contribution in [3.05, 3.63) is 30.3 Å². The molecular weight excluding hydrogens is 244 g/mol. The number of rotatable bonds is 2. The number of carbonyl (C=O) groups is 1. The van der Waals surface area contributed by atoms with E-state index in [1.54, 1.807) is 11.8 Å². The van der Waals surface area contributed by atoms with Gasteiger partial charge < -0.3 is 4.90 Å². The average molecular weight is 262 g/mol. The average Bonchev–Trinajstić information content (AvgIpc) is 2.68. The molecule has 2 rings (SSSR count). The smallest absolute Gasteiger partial charge is 0.225 e. The third-order valence-electron chi connectivity index (χ3n) is 3.31. The molecule has 1 amide bonds. The van der Waals surface area contributed by atoms with Gasteiger partial charge in [0.05, 0.1) is 6.04 Å². The standard InChI is InChI=1S/C14H18N2OS/c1-10(2)13-9-15(12-7-5-4-6-8-12)14(18)16(13)11(3)17/h4-8,10,13H,9H2,1-3H3/t13-/m1/s1. The van der Waals surface area contributed by atoms with Gasteiger partial charge in [-0.1, -0.05) is 32.0 Å². The molecule has 1 atom stereocenters. The quantitative estimate of drug-likeness (QED) is 0.766. The first-order chi connectivity index (χ1) is 8.52. The van der Waals surface area contributed by atoms with Crippen molar-refractivity contribution < 1.29 is 4.79 Å². The summed E-state index contributed by atoms with van der Waals surface area (Å²) in [6, 6.07) is 10.2. The van der Waals surface area contributed by atoms with Gasteiger partial charge in [0.25, 0.3) is 0 Å². The van der Waals surface area contributed by atoms with Crippen molar-refractivity contribution >= 4 is 28.9 Å². The lowest BCUT2D eigenvalue weighted by atomic mass is 10.0. The number of amides is 1. The summed E-state index contributed by atoms with van der Waals surface area (Å²) in [4.78, 5) is 15.5. The second-order valence-corrected chi connectivity index (χ2v) is 5.29. The zero-order valence-electron chi connectivity index (χ0n) is 11.0. The van der Waals surface area contributed by atoms with Crippen LogP contribution in [0.5, 0.6) is 0 Å². The molecule has 1 aliphatic rings. The molecule has 1 saturated heterocycles. The third kappa shape index (κ3) is 2.25. The Hall–Kier alpha value is -1.42. The Kier molecular flexibility index (Phi) is 3.66. The highest BCUT2D eigenvalue weighted by Crippen LogP contribution is 2.27. The normalized spacial score (nSPS) is 19.8. The topological polar surface area (TPSA) is 23.6 Å². The van der Waals surface area contributed by atoms with Gasteiger partial charge >= 0.3 is 0 Å². The van der Waals surface area contributed by atoms with Crippen LogP contribution in [0.15, 0.2) is 30.3 Å². The zero-order valence-corrected chi connectivity index (χ0v) is 11.8. The predicted octanol–water partition coefficient (Wildman–Crippen LogP) is 2.66. The van der Waals surface area contributed by atoms with E-state index < -0.39 is 0 Å². The molecule has 1 heterocycles. The molecule has 0 N–H and O–H groups in total. The van der Waals surface area contributed by atoms with Crippen molar-refractivity contribution in [1.82, 2.24) is 4.90 Å². The van der Waals surface area contributed by atoms with Crippen LogP contribution in [0.1, 0.15) is 20.8 Å². The molecule has 1 aliphatic heterocycles. The minimum absolute atomic E-state index is 0.0251. The van der Waals surface area contributed by atoms with E-state index in [-0.39, 0.29) is 11.9 Å². The summed E-state index contributed by atoms with van der Waals surface area (Å²) < 4.78 is 0. The first kappa shape index (κ1) is 13.0. The summed E-state index contributed by atoms with van der Waals surface area (Å²) in [7, 11) is 0. The maximum Gasteiger partial charge on any atom is 0.225 e. The van der Waals surface area contributed by atoms with Crippen LogP contribution in [-0.2, 0) is 4.79 Å². The summed E-state index contributed by atoms with van der Waals surface area (Å²) in [5.74, 6) is 0.415. The molecule has 1 fully saturated rings. The SMILES string of the molecule is CC(=O)N1C(=S)N(c2ccccc2)C[C@@H]1C(C)C. The molecule has 4 heteroatoms.